The van der Waals surface area contributed by atoms with E-state index in [-0.39, 0.29) is 5.75 Å². The van der Waals surface area contributed by atoms with E-state index in [0.717, 1.165) is 10.1 Å². The fourth-order valence-electron chi connectivity index (χ4n) is 1.98. The van der Waals surface area contributed by atoms with E-state index in [9.17, 15) is 5.11 Å². The maximum absolute atomic E-state index is 10.0. The minimum Gasteiger partial charge on any atom is -0.504 e. The Labute approximate surface area is 136 Å². The molecule has 2 N–H and O–H groups in total. The van der Waals surface area contributed by atoms with E-state index in [1.807, 2.05) is 24.3 Å². The maximum Gasteiger partial charge on any atom is 0.167 e. The number of nitrogens with one attached hydrogen (secondary N) is 1. The number of nitrogens with zero attached hydrogens (tertiary/aromatic N) is 2. The van der Waals surface area contributed by atoms with Crippen LogP contribution in [0.4, 0.5) is 5.82 Å². The van der Waals surface area contributed by atoms with Gasteiger partial charge in [0.25, 0.3) is 0 Å². The molecule has 0 spiro atoms. The van der Waals surface area contributed by atoms with Crippen molar-refractivity contribution in [2.75, 3.05) is 12.5 Å². The minimum atomic E-state index is -0.0133. The first-order valence-corrected chi connectivity index (χ1v) is 7.54. The lowest BCUT2D eigenvalue weighted by Crippen LogP contribution is -1.93. The molecule has 0 radical (unpaired) electrons. The maximum atomic E-state index is 10.0. The number of methoxy groups -OCH3 is 1. The second-order valence-corrected chi connectivity index (χ2v) is 5.68. The van der Waals surface area contributed by atoms with Crippen molar-refractivity contribution in [3.05, 3.63) is 47.0 Å². The number of halogens is 1. The minimum absolute atomic E-state index is 0.0133. The molecule has 3 aromatic rings. The third-order valence-electron chi connectivity index (χ3n) is 3.04. The lowest BCUT2D eigenvalue weighted by Gasteiger charge is -2.06. The zero-order valence-electron chi connectivity index (χ0n) is 11.6. The summed E-state index contributed by atoms with van der Waals surface area (Å²) in [4.78, 5) is 0. The van der Waals surface area contributed by atoms with Gasteiger partial charge in [-0.05, 0) is 29.7 Å². The molecule has 0 fully saturated rings. The first kappa shape index (κ1) is 14.6. The average Bonchev–Trinajstić information content (AvgIpc) is 2.94. The summed E-state index contributed by atoms with van der Waals surface area (Å²) in [6, 6.07) is 11.0. The Kier molecular flexibility index (Phi) is 4.13. The normalized spacial score (nSPS) is 11.2. The van der Waals surface area contributed by atoms with Gasteiger partial charge in [0.15, 0.2) is 17.3 Å². The predicted molar refractivity (Wildman–Crippen MR) is 90.5 cm³/mol. The van der Waals surface area contributed by atoms with Crippen molar-refractivity contribution in [1.82, 2.24) is 4.37 Å². The zero-order chi connectivity index (χ0) is 15.5. The van der Waals surface area contributed by atoms with E-state index in [2.05, 4.69) is 14.9 Å². The number of fused-ring (bicyclic) bond motifs is 1. The van der Waals surface area contributed by atoms with E-state index in [1.54, 1.807) is 6.07 Å². The van der Waals surface area contributed by atoms with Gasteiger partial charge in [0.2, 0.25) is 0 Å². The molecule has 5 nitrogen and oxygen atoms in total. The van der Waals surface area contributed by atoms with Crippen LogP contribution in [-0.4, -0.2) is 22.8 Å². The molecule has 0 atom stereocenters. The predicted octanol–water partition coefficient (Wildman–Crippen LogP) is 4.11. The number of phenols is 1. The number of hydrogen-bond donors (Lipinski definition) is 2. The van der Waals surface area contributed by atoms with E-state index in [1.165, 1.54) is 30.9 Å². The first-order chi connectivity index (χ1) is 10.7. The molecular formula is C15H12ClN3O2S. The molecule has 3 rings (SSSR count). The highest BCUT2D eigenvalue weighted by molar-refractivity contribution is 7.13. The summed E-state index contributed by atoms with van der Waals surface area (Å²) in [5, 5.41) is 15.6. The standard InChI is InChI=1S/C15H12ClN3O2S/c1-21-12-7-10(16)6-9(14(12)20)8-17-18-15-11-4-2-3-5-13(11)22-19-15/h2-8,20H,1H3,(H,18,19)/b17-8+. The lowest BCUT2D eigenvalue weighted by atomic mass is 10.2. The molecule has 0 saturated heterocycles. The van der Waals surface area contributed by atoms with Gasteiger partial charge in [-0.2, -0.15) is 9.47 Å². The fraction of sp³-hybridized carbons (Fsp3) is 0.0667. The number of phenolic OH excluding ortho intramolecular Hbond substituents is 1. The van der Waals surface area contributed by atoms with Crippen molar-refractivity contribution in [1.29, 1.82) is 0 Å². The van der Waals surface area contributed by atoms with E-state index < -0.39 is 0 Å². The lowest BCUT2D eigenvalue weighted by molar-refractivity contribution is 0.373. The Morgan fingerprint density at radius 1 is 1.36 bits per heavy atom. The van der Waals surface area contributed by atoms with Crippen LogP contribution in [0.1, 0.15) is 5.56 Å². The van der Waals surface area contributed by atoms with Crippen LogP contribution in [0.3, 0.4) is 0 Å². The molecule has 0 aliphatic heterocycles. The van der Waals surface area contributed by atoms with Crippen molar-refractivity contribution in [2.24, 2.45) is 5.10 Å². The van der Waals surface area contributed by atoms with Gasteiger partial charge in [0, 0.05) is 22.0 Å². The van der Waals surface area contributed by atoms with Crippen LogP contribution < -0.4 is 10.2 Å². The molecule has 0 aliphatic rings. The van der Waals surface area contributed by atoms with Crippen molar-refractivity contribution in [3.63, 3.8) is 0 Å². The van der Waals surface area contributed by atoms with E-state index in [4.69, 9.17) is 16.3 Å². The average molecular weight is 334 g/mol. The number of benzene rings is 2. The van der Waals surface area contributed by atoms with Gasteiger partial charge in [0.05, 0.1) is 18.0 Å². The molecule has 0 aliphatic carbocycles. The summed E-state index contributed by atoms with van der Waals surface area (Å²) in [6.45, 7) is 0. The van der Waals surface area contributed by atoms with Crippen molar-refractivity contribution >= 4 is 45.3 Å². The molecule has 0 saturated carbocycles. The number of anilines is 1. The van der Waals surface area contributed by atoms with Crippen LogP contribution >= 0.6 is 23.1 Å². The van der Waals surface area contributed by atoms with Crippen LogP contribution in [0.15, 0.2) is 41.5 Å². The Balaban J connectivity index is 1.85. The van der Waals surface area contributed by atoms with Crippen molar-refractivity contribution in [2.45, 2.75) is 0 Å². The fourth-order valence-corrected chi connectivity index (χ4v) is 2.93. The Morgan fingerprint density at radius 3 is 3.00 bits per heavy atom. The highest BCUT2D eigenvalue weighted by Gasteiger charge is 2.08. The Hall–Kier alpha value is -2.31. The van der Waals surface area contributed by atoms with Crippen molar-refractivity contribution in [3.8, 4) is 11.5 Å². The largest absolute Gasteiger partial charge is 0.504 e. The summed E-state index contributed by atoms with van der Waals surface area (Å²) < 4.78 is 10.4. The number of hydrazone groups is 1. The summed E-state index contributed by atoms with van der Waals surface area (Å²) in [5.41, 5.74) is 3.33. The third-order valence-corrected chi connectivity index (χ3v) is 4.09. The summed E-state index contributed by atoms with van der Waals surface area (Å²) >= 11 is 7.37. The Bertz CT molecular complexity index is 848. The molecule has 1 aromatic heterocycles. The van der Waals surface area contributed by atoms with Crippen LogP contribution in [0, 0.1) is 0 Å². The Morgan fingerprint density at radius 2 is 2.18 bits per heavy atom. The molecule has 0 unspecified atom stereocenters. The molecule has 1 heterocycles. The molecule has 0 amide bonds. The topological polar surface area (TPSA) is 66.7 Å². The highest BCUT2D eigenvalue weighted by Crippen LogP contribution is 2.32. The number of hydrogen-bond acceptors (Lipinski definition) is 6. The zero-order valence-corrected chi connectivity index (χ0v) is 13.1. The second kappa shape index (κ2) is 6.21. The first-order valence-electron chi connectivity index (χ1n) is 6.39. The van der Waals surface area contributed by atoms with Crippen molar-refractivity contribution < 1.29 is 9.84 Å². The van der Waals surface area contributed by atoms with Gasteiger partial charge in [-0.3, -0.25) is 5.43 Å². The SMILES string of the molecule is COc1cc(Cl)cc(/C=N/Nc2nsc3ccccc23)c1O. The van der Waals surface area contributed by atoms with Gasteiger partial charge in [-0.15, -0.1) is 0 Å². The molecule has 7 heteroatoms. The van der Waals surface area contributed by atoms with Crippen LogP contribution in [0.5, 0.6) is 11.5 Å². The molecule has 0 bridgehead atoms. The van der Waals surface area contributed by atoms with Gasteiger partial charge < -0.3 is 9.84 Å². The van der Waals surface area contributed by atoms with Crippen LogP contribution in [-0.2, 0) is 0 Å². The van der Waals surface area contributed by atoms with Crippen LogP contribution in [0.2, 0.25) is 5.02 Å². The highest BCUT2D eigenvalue weighted by atomic mass is 35.5. The molecule has 2 aromatic carbocycles. The summed E-state index contributed by atoms with van der Waals surface area (Å²) in [7, 11) is 1.46. The molecular weight excluding hydrogens is 322 g/mol. The van der Waals surface area contributed by atoms with Gasteiger partial charge in [-0.1, -0.05) is 23.7 Å². The number of aromatic hydroxyl groups is 1. The van der Waals surface area contributed by atoms with Gasteiger partial charge in [-0.25, -0.2) is 0 Å². The van der Waals surface area contributed by atoms with Gasteiger partial charge in [0.1, 0.15) is 0 Å². The summed E-state index contributed by atoms with van der Waals surface area (Å²) in [6.07, 6.45) is 1.47. The molecule has 22 heavy (non-hydrogen) atoms. The number of aromatic nitrogens is 1. The quantitative estimate of drug-likeness (QED) is 0.557. The monoisotopic (exact) mass is 333 g/mol. The van der Waals surface area contributed by atoms with Crippen LogP contribution in [0.25, 0.3) is 10.1 Å². The smallest absolute Gasteiger partial charge is 0.167 e. The van der Waals surface area contributed by atoms with Gasteiger partial charge >= 0.3 is 0 Å². The van der Waals surface area contributed by atoms with E-state index >= 15 is 0 Å². The summed E-state index contributed by atoms with van der Waals surface area (Å²) in [5.74, 6) is 0.957. The number of rotatable bonds is 4. The van der Waals surface area contributed by atoms with E-state index in [0.29, 0.717) is 22.2 Å². The second-order valence-electron chi connectivity index (χ2n) is 4.44. The third kappa shape index (κ3) is 2.84. The number of ether oxygens (including phenoxy) is 1. The molecule has 112 valence electrons.